The average molecular weight is 401 g/mol. The van der Waals surface area contributed by atoms with Gasteiger partial charge in [0.25, 0.3) is 0 Å². The first kappa shape index (κ1) is 18.8. The minimum Gasteiger partial charge on any atom is -0.494 e. The van der Waals surface area contributed by atoms with E-state index in [9.17, 15) is 13.2 Å². The second kappa shape index (κ2) is 7.13. The molecule has 0 bridgehead atoms. The average Bonchev–Trinajstić information content (AvgIpc) is 2.98. The van der Waals surface area contributed by atoms with Gasteiger partial charge in [-0.3, -0.25) is 4.79 Å². The molecule has 2 heterocycles. The molecule has 2 aromatic carbocycles. The van der Waals surface area contributed by atoms with E-state index in [1.165, 1.54) is 0 Å². The van der Waals surface area contributed by atoms with Gasteiger partial charge >= 0.3 is 0 Å². The first-order valence-corrected chi connectivity index (χ1v) is 11.3. The Morgan fingerprint density at radius 1 is 0.964 bits per heavy atom. The first-order chi connectivity index (χ1) is 13.4. The molecule has 0 unspecified atom stereocenters. The maximum Gasteiger partial charge on any atom is 0.246 e. The van der Waals surface area contributed by atoms with Crippen molar-refractivity contribution >= 4 is 27.1 Å². The number of piperazine rings is 1. The standard InChI is InChI=1S/C21H24N2O4S/c1-3-27-18-10-8-17(9-11-18)23-20-14-28(25,26)13-19(20)22(12-21(23)24)16-6-4-15(2)5-7-16/h4-11,19-20H,3,12-14H2,1-2H3/t19-,20-/m1/s1. The highest BCUT2D eigenvalue weighted by Crippen LogP contribution is 2.35. The fourth-order valence-corrected chi connectivity index (χ4v) is 6.05. The van der Waals surface area contributed by atoms with Crippen LogP contribution in [0.1, 0.15) is 12.5 Å². The summed E-state index contributed by atoms with van der Waals surface area (Å²) in [5.74, 6) is 0.682. The van der Waals surface area contributed by atoms with Gasteiger partial charge in [-0.25, -0.2) is 8.42 Å². The lowest BCUT2D eigenvalue weighted by atomic mass is 10.0. The molecule has 148 valence electrons. The molecule has 2 aliphatic rings. The summed E-state index contributed by atoms with van der Waals surface area (Å²) >= 11 is 0. The Labute approximate surface area is 165 Å². The number of amides is 1. The maximum absolute atomic E-state index is 13.1. The smallest absolute Gasteiger partial charge is 0.246 e. The van der Waals surface area contributed by atoms with Gasteiger partial charge in [-0.05, 0) is 50.2 Å². The van der Waals surface area contributed by atoms with E-state index >= 15 is 0 Å². The molecule has 1 amide bonds. The molecule has 0 saturated carbocycles. The van der Waals surface area contributed by atoms with Gasteiger partial charge in [-0.2, -0.15) is 0 Å². The van der Waals surface area contributed by atoms with Crippen molar-refractivity contribution in [1.29, 1.82) is 0 Å². The van der Waals surface area contributed by atoms with Crippen LogP contribution in [0.4, 0.5) is 11.4 Å². The molecular formula is C21H24N2O4S. The minimum atomic E-state index is -3.22. The lowest BCUT2D eigenvalue weighted by molar-refractivity contribution is -0.118. The van der Waals surface area contributed by atoms with Crippen molar-refractivity contribution in [1.82, 2.24) is 0 Å². The Balaban J connectivity index is 1.69. The van der Waals surface area contributed by atoms with Crippen LogP contribution in [0, 0.1) is 6.92 Å². The summed E-state index contributed by atoms with van der Waals surface area (Å²) < 4.78 is 30.4. The minimum absolute atomic E-state index is 0.0149. The lowest BCUT2D eigenvalue weighted by Crippen LogP contribution is -2.62. The van der Waals surface area contributed by atoms with Crippen LogP contribution in [0.25, 0.3) is 0 Å². The zero-order chi connectivity index (χ0) is 19.9. The molecule has 0 radical (unpaired) electrons. The van der Waals surface area contributed by atoms with Gasteiger partial charge in [0.05, 0.1) is 36.7 Å². The number of ether oxygens (including phenoxy) is 1. The molecule has 6 nitrogen and oxygen atoms in total. The summed E-state index contributed by atoms with van der Waals surface area (Å²) in [6, 6.07) is 14.5. The third-order valence-electron chi connectivity index (χ3n) is 5.39. The molecule has 4 rings (SSSR count). The Bertz CT molecular complexity index is 970. The van der Waals surface area contributed by atoms with Gasteiger partial charge in [0, 0.05) is 11.4 Å². The van der Waals surface area contributed by atoms with Crippen LogP contribution in [0.2, 0.25) is 0 Å². The second-order valence-electron chi connectivity index (χ2n) is 7.37. The van der Waals surface area contributed by atoms with Crippen molar-refractivity contribution in [3.63, 3.8) is 0 Å². The first-order valence-electron chi connectivity index (χ1n) is 9.46. The van der Waals surface area contributed by atoms with Gasteiger partial charge in [0.15, 0.2) is 9.84 Å². The number of carbonyl (C=O) groups excluding carboxylic acids is 1. The SMILES string of the molecule is CCOc1ccc(N2C(=O)CN(c3ccc(C)cc3)[C@@H]3CS(=O)(=O)C[C@H]32)cc1. The summed E-state index contributed by atoms with van der Waals surface area (Å²) in [7, 11) is -3.22. The molecule has 0 N–H and O–H groups in total. The van der Waals surface area contributed by atoms with Crippen LogP contribution in [-0.2, 0) is 14.6 Å². The molecule has 2 aromatic rings. The quantitative estimate of drug-likeness (QED) is 0.789. The van der Waals surface area contributed by atoms with Crippen molar-refractivity contribution in [2.75, 3.05) is 34.5 Å². The number of nitrogens with zero attached hydrogens (tertiary/aromatic N) is 2. The highest BCUT2D eigenvalue weighted by molar-refractivity contribution is 7.91. The number of anilines is 2. The Morgan fingerprint density at radius 2 is 1.57 bits per heavy atom. The van der Waals surface area contributed by atoms with E-state index in [0.717, 1.165) is 17.0 Å². The molecule has 2 atom stereocenters. The highest BCUT2D eigenvalue weighted by atomic mass is 32.2. The van der Waals surface area contributed by atoms with Crippen LogP contribution < -0.4 is 14.5 Å². The van der Waals surface area contributed by atoms with E-state index in [0.29, 0.717) is 12.3 Å². The summed E-state index contributed by atoms with van der Waals surface area (Å²) in [5.41, 5.74) is 2.72. The van der Waals surface area contributed by atoms with Crippen LogP contribution in [-0.4, -0.2) is 51.1 Å². The van der Waals surface area contributed by atoms with Gasteiger partial charge in [0.2, 0.25) is 5.91 Å². The largest absolute Gasteiger partial charge is 0.494 e. The number of carbonyl (C=O) groups is 1. The molecule has 0 aromatic heterocycles. The molecule has 2 aliphatic heterocycles. The van der Waals surface area contributed by atoms with Crippen molar-refractivity contribution in [2.45, 2.75) is 25.9 Å². The predicted molar refractivity (Wildman–Crippen MR) is 110 cm³/mol. The van der Waals surface area contributed by atoms with Crippen molar-refractivity contribution in [3.8, 4) is 5.75 Å². The fourth-order valence-electron chi connectivity index (χ4n) is 4.10. The zero-order valence-corrected chi connectivity index (χ0v) is 16.9. The summed E-state index contributed by atoms with van der Waals surface area (Å²) in [5, 5.41) is 0. The molecule has 2 saturated heterocycles. The van der Waals surface area contributed by atoms with Crippen LogP contribution in [0.5, 0.6) is 5.75 Å². The topological polar surface area (TPSA) is 66.9 Å². The molecule has 0 aliphatic carbocycles. The zero-order valence-electron chi connectivity index (χ0n) is 16.0. The van der Waals surface area contributed by atoms with Gasteiger partial charge in [-0.15, -0.1) is 0 Å². The van der Waals surface area contributed by atoms with E-state index in [1.54, 1.807) is 4.90 Å². The number of hydrogen-bond acceptors (Lipinski definition) is 5. The third-order valence-corrected chi connectivity index (χ3v) is 7.09. The van der Waals surface area contributed by atoms with Crippen molar-refractivity contribution in [2.24, 2.45) is 0 Å². The lowest BCUT2D eigenvalue weighted by Gasteiger charge is -2.44. The number of aryl methyl sites for hydroxylation is 1. The monoisotopic (exact) mass is 400 g/mol. The second-order valence-corrected chi connectivity index (χ2v) is 9.52. The van der Waals surface area contributed by atoms with Gasteiger partial charge in [0.1, 0.15) is 5.75 Å². The van der Waals surface area contributed by atoms with Gasteiger partial charge in [-0.1, -0.05) is 17.7 Å². The number of sulfone groups is 1. The Hall–Kier alpha value is -2.54. The van der Waals surface area contributed by atoms with Crippen LogP contribution >= 0.6 is 0 Å². The Kier molecular flexibility index (Phi) is 4.79. The molecular weight excluding hydrogens is 376 g/mol. The normalized spacial score (nSPS) is 23.6. The van der Waals surface area contributed by atoms with Crippen molar-refractivity contribution < 1.29 is 17.9 Å². The summed E-state index contributed by atoms with van der Waals surface area (Å²) in [6.07, 6.45) is 0. The molecule has 7 heteroatoms. The van der Waals surface area contributed by atoms with Crippen LogP contribution in [0.3, 0.4) is 0 Å². The summed E-state index contributed by atoms with van der Waals surface area (Å²) in [4.78, 5) is 16.7. The number of fused-ring (bicyclic) bond motifs is 1. The highest BCUT2D eigenvalue weighted by Gasteiger charge is 2.49. The number of benzene rings is 2. The van der Waals surface area contributed by atoms with Gasteiger partial charge < -0.3 is 14.5 Å². The fraction of sp³-hybridized carbons (Fsp3) is 0.381. The number of hydrogen-bond donors (Lipinski definition) is 0. The van der Waals surface area contributed by atoms with E-state index in [2.05, 4.69) is 0 Å². The third kappa shape index (κ3) is 3.46. The molecule has 2 fully saturated rings. The Morgan fingerprint density at radius 3 is 2.21 bits per heavy atom. The van der Waals surface area contributed by atoms with Crippen LogP contribution in [0.15, 0.2) is 48.5 Å². The summed E-state index contributed by atoms with van der Waals surface area (Å²) in [6.45, 7) is 4.64. The maximum atomic E-state index is 13.1. The van der Waals surface area contributed by atoms with Crippen molar-refractivity contribution in [3.05, 3.63) is 54.1 Å². The number of rotatable bonds is 4. The van der Waals surface area contributed by atoms with E-state index in [-0.39, 0.29) is 30.0 Å². The predicted octanol–water partition coefficient (Wildman–Crippen LogP) is 2.41. The van der Waals surface area contributed by atoms with E-state index < -0.39 is 15.9 Å². The van der Waals surface area contributed by atoms with E-state index in [1.807, 2.05) is 67.3 Å². The molecule has 0 spiro atoms. The molecule has 28 heavy (non-hydrogen) atoms. The van der Waals surface area contributed by atoms with E-state index in [4.69, 9.17) is 4.74 Å².